The molecule has 0 atom stereocenters. The van der Waals surface area contributed by atoms with Crippen LogP contribution in [0, 0.1) is 0 Å². The average Bonchev–Trinajstić information content (AvgIpc) is 2.45. The van der Waals surface area contributed by atoms with Crippen molar-refractivity contribution in [2.45, 2.75) is 26.4 Å². The Morgan fingerprint density at radius 1 is 1.25 bits per heavy atom. The fourth-order valence-corrected chi connectivity index (χ4v) is 2.00. The normalized spacial score (nSPS) is 10.6. The zero-order chi connectivity index (χ0) is 14.5. The van der Waals surface area contributed by atoms with Gasteiger partial charge in [-0.1, -0.05) is 42.5 Å². The third-order valence-electron chi connectivity index (χ3n) is 2.97. The maximum Gasteiger partial charge on any atom is 0.226 e. The maximum atomic E-state index is 5.63. The Balaban J connectivity index is 2.29. The molecule has 4 nitrogen and oxygen atoms in total. The Labute approximate surface area is 124 Å². The number of anilines is 1. The zero-order valence-electron chi connectivity index (χ0n) is 11.7. The van der Waals surface area contributed by atoms with Gasteiger partial charge in [-0.3, -0.25) is 0 Å². The topological polar surface area (TPSA) is 55.0 Å². The van der Waals surface area contributed by atoms with Crippen LogP contribution in [0.2, 0.25) is 0 Å². The van der Waals surface area contributed by atoms with Crippen LogP contribution in [-0.4, -0.2) is 21.0 Å². The van der Waals surface area contributed by atoms with E-state index in [2.05, 4.69) is 40.8 Å². The lowest BCUT2D eigenvalue weighted by Gasteiger charge is -2.27. The van der Waals surface area contributed by atoms with Gasteiger partial charge in [0.15, 0.2) is 0 Å². The van der Waals surface area contributed by atoms with Crippen LogP contribution in [-0.2, 0) is 6.54 Å². The third-order valence-corrected chi connectivity index (χ3v) is 3.18. The molecule has 1 heterocycles. The highest BCUT2D eigenvalue weighted by molar-refractivity contribution is 7.80. The van der Waals surface area contributed by atoms with Crippen LogP contribution in [0.3, 0.4) is 0 Å². The first-order chi connectivity index (χ1) is 9.58. The van der Waals surface area contributed by atoms with Crippen LogP contribution in [0.1, 0.15) is 25.1 Å². The number of hydrogen-bond donors (Lipinski definition) is 1. The van der Waals surface area contributed by atoms with Crippen molar-refractivity contribution in [2.75, 3.05) is 4.90 Å². The molecule has 0 aliphatic carbocycles. The number of hydrogen-bond acceptors (Lipinski definition) is 4. The van der Waals surface area contributed by atoms with Crippen molar-refractivity contribution in [3.63, 3.8) is 0 Å². The summed E-state index contributed by atoms with van der Waals surface area (Å²) in [5.74, 6) is 0.647. The highest BCUT2D eigenvalue weighted by Gasteiger charge is 2.14. The number of thiocarbonyl (C=S) groups is 1. The van der Waals surface area contributed by atoms with E-state index >= 15 is 0 Å². The van der Waals surface area contributed by atoms with Crippen molar-refractivity contribution in [1.82, 2.24) is 9.97 Å². The molecule has 0 unspecified atom stereocenters. The summed E-state index contributed by atoms with van der Waals surface area (Å²) >= 11 is 4.97. The van der Waals surface area contributed by atoms with Crippen molar-refractivity contribution in [1.29, 1.82) is 0 Å². The minimum absolute atomic E-state index is 0.275. The highest BCUT2D eigenvalue weighted by atomic mass is 32.1. The second-order valence-electron chi connectivity index (χ2n) is 4.81. The van der Waals surface area contributed by atoms with Crippen molar-refractivity contribution in [3.8, 4) is 0 Å². The van der Waals surface area contributed by atoms with E-state index in [0.29, 0.717) is 11.6 Å². The molecule has 5 heteroatoms. The van der Waals surface area contributed by atoms with E-state index in [4.69, 9.17) is 18.0 Å². The number of aromatic nitrogens is 2. The molecule has 2 rings (SSSR count). The van der Waals surface area contributed by atoms with Crippen LogP contribution in [0.5, 0.6) is 0 Å². The summed E-state index contributed by atoms with van der Waals surface area (Å²) in [5, 5.41) is 0. The van der Waals surface area contributed by atoms with Gasteiger partial charge in [0, 0.05) is 18.8 Å². The summed E-state index contributed by atoms with van der Waals surface area (Å²) in [4.78, 5) is 11.2. The first-order valence-corrected chi connectivity index (χ1v) is 6.92. The molecule has 0 amide bonds. The lowest BCUT2D eigenvalue weighted by molar-refractivity contribution is 0.660. The first-order valence-electron chi connectivity index (χ1n) is 6.51. The minimum Gasteiger partial charge on any atom is -0.388 e. The molecule has 2 aromatic rings. The van der Waals surface area contributed by atoms with Gasteiger partial charge >= 0.3 is 0 Å². The Kier molecular flexibility index (Phi) is 4.63. The summed E-state index contributed by atoms with van der Waals surface area (Å²) in [5.41, 5.74) is 7.45. The maximum absolute atomic E-state index is 5.63. The van der Waals surface area contributed by atoms with E-state index in [0.717, 1.165) is 6.54 Å². The molecule has 0 saturated heterocycles. The Morgan fingerprint density at radius 2 is 1.95 bits per heavy atom. The predicted octanol–water partition coefficient (Wildman–Crippen LogP) is 2.53. The van der Waals surface area contributed by atoms with Crippen LogP contribution in [0.4, 0.5) is 5.95 Å². The van der Waals surface area contributed by atoms with E-state index in [-0.39, 0.29) is 11.0 Å². The molecular formula is C15H18N4S. The molecule has 0 fully saturated rings. The van der Waals surface area contributed by atoms with Crippen molar-refractivity contribution in [2.24, 2.45) is 5.73 Å². The van der Waals surface area contributed by atoms with Gasteiger partial charge in [-0.25, -0.2) is 9.97 Å². The van der Waals surface area contributed by atoms with Gasteiger partial charge in [-0.05, 0) is 25.5 Å². The molecule has 20 heavy (non-hydrogen) atoms. The lowest BCUT2D eigenvalue weighted by Crippen LogP contribution is -2.32. The van der Waals surface area contributed by atoms with E-state index in [1.54, 1.807) is 12.3 Å². The number of rotatable bonds is 5. The molecule has 0 aliphatic rings. The second-order valence-corrected chi connectivity index (χ2v) is 5.25. The summed E-state index contributed by atoms with van der Waals surface area (Å²) in [7, 11) is 0. The lowest BCUT2D eigenvalue weighted by atomic mass is 10.2. The van der Waals surface area contributed by atoms with Gasteiger partial charge in [0.1, 0.15) is 10.7 Å². The molecule has 1 aromatic carbocycles. The number of nitrogens with two attached hydrogens (primary N) is 1. The van der Waals surface area contributed by atoms with E-state index in [9.17, 15) is 0 Å². The van der Waals surface area contributed by atoms with Gasteiger partial charge in [-0.2, -0.15) is 0 Å². The molecule has 1 aromatic heterocycles. The second kappa shape index (κ2) is 6.43. The molecule has 0 bridgehead atoms. The third kappa shape index (κ3) is 3.51. The highest BCUT2D eigenvalue weighted by Crippen LogP contribution is 2.15. The van der Waals surface area contributed by atoms with Gasteiger partial charge in [0.05, 0.1) is 0 Å². The summed E-state index contributed by atoms with van der Waals surface area (Å²) < 4.78 is 0. The molecule has 0 radical (unpaired) electrons. The predicted molar refractivity (Wildman–Crippen MR) is 85.7 cm³/mol. The van der Waals surface area contributed by atoms with Crippen molar-refractivity contribution in [3.05, 3.63) is 53.9 Å². The summed E-state index contributed by atoms with van der Waals surface area (Å²) in [6, 6.07) is 12.2. The zero-order valence-corrected chi connectivity index (χ0v) is 12.5. The smallest absolute Gasteiger partial charge is 0.226 e. The van der Waals surface area contributed by atoms with Crippen molar-refractivity contribution >= 4 is 23.2 Å². The monoisotopic (exact) mass is 286 g/mol. The fraction of sp³-hybridized carbons (Fsp3) is 0.267. The summed E-state index contributed by atoms with van der Waals surface area (Å²) in [6.45, 7) is 4.97. The van der Waals surface area contributed by atoms with Crippen LogP contribution in [0.25, 0.3) is 0 Å². The van der Waals surface area contributed by atoms with Gasteiger partial charge in [-0.15, -0.1) is 0 Å². The number of nitrogens with zero attached hydrogens (tertiary/aromatic N) is 3. The van der Waals surface area contributed by atoms with Crippen LogP contribution < -0.4 is 10.6 Å². The molecule has 2 N–H and O–H groups in total. The standard InChI is InChI=1S/C15H18N4S/c1-11(2)19(10-12-6-4-3-5-7-12)15-17-9-8-13(18-15)14(16)20/h3-9,11H,10H2,1-2H3,(H2,16,20). The minimum atomic E-state index is 0.275. The number of benzene rings is 1. The van der Waals surface area contributed by atoms with E-state index in [1.807, 2.05) is 18.2 Å². The summed E-state index contributed by atoms with van der Waals surface area (Å²) in [6.07, 6.45) is 1.69. The SMILES string of the molecule is CC(C)N(Cc1ccccc1)c1nccc(C(N)=S)n1. The molecule has 0 aliphatic heterocycles. The van der Waals surface area contributed by atoms with Gasteiger partial charge in [0.25, 0.3) is 0 Å². The quantitative estimate of drug-likeness (QED) is 0.856. The molecule has 104 valence electrons. The van der Waals surface area contributed by atoms with Crippen molar-refractivity contribution < 1.29 is 0 Å². The van der Waals surface area contributed by atoms with E-state index in [1.165, 1.54) is 5.56 Å². The fourth-order valence-electron chi connectivity index (χ4n) is 1.89. The van der Waals surface area contributed by atoms with Gasteiger partial charge in [0.2, 0.25) is 5.95 Å². The average molecular weight is 286 g/mol. The van der Waals surface area contributed by atoms with E-state index < -0.39 is 0 Å². The van der Waals surface area contributed by atoms with Crippen LogP contribution in [0.15, 0.2) is 42.6 Å². The Bertz CT molecular complexity index is 583. The van der Waals surface area contributed by atoms with Gasteiger partial charge < -0.3 is 10.6 Å². The largest absolute Gasteiger partial charge is 0.388 e. The molecule has 0 spiro atoms. The Morgan fingerprint density at radius 3 is 2.55 bits per heavy atom. The Hall–Kier alpha value is -2.01. The van der Waals surface area contributed by atoms with Crippen LogP contribution >= 0.6 is 12.2 Å². The molecular weight excluding hydrogens is 268 g/mol. The first kappa shape index (κ1) is 14.4. The molecule has 0 saturated carbocycles.